The summed E-state index contributed by atoms with van der Waals surface area (Å²) >= 11 is 0. The number of aryl methyl sites for hydroxylation is 1. The van der Waals surface area contributed by atoms with Crippen LogP contribution in [0, 0.1) is 6.92 Å². The zero-order valence-electron chi connectivity index (χ0n) is 20.7. The van der Waals surface area contributed by atoms with Gasteiger partial charge < -0.3 is 14.5 Å². The number of carbonyl (C=O) groups excluding carboxylic acids is 1. The molecule has 0 radical (unpaired) electrons. The van der Waals surface area contributed by atoms with Crippen LogP contribution < -0.4 is 9.64 Å². The first kappa shape index (κ1) is 22.9. The molecule has 1 saturated heterocycles. The summed E-state index contributed by atoms with van der Waals surface area (Å²) < 4.78 is 7.14. The Balaban J connectivity index is 1.42. The lowest BCUT2D eigenvalue weighted by atomic mass is 10.0. The van der Waals surface area contributed by atoms with E-state index in [2.05, 4.69) is 43.0 Å². The molecule has 3 heterocycles. The van der Waals surface area contributed by atoms with Gasteiger partial charge in [0.15, 0.2) is 5.65 Å². The quantitative estimate of drug-likeness (QED) is 0.420. The van der Waals surface area contributed by atoms with E-state index in [1.807, 2.05) is 46.7 Å². The van der Waals surface area contributed by atoms with E-state index in [4.69, 9.17) is 14.8 Å². The molecule has 0 atom stereocenters. The highest BCUT2D eigenvalue weighted by atomic mass is 16.5. The highest BCUT2D eigenvalue weighted by Crippen LogP contribution is 2.31. The Hall–Kier alpha value is -3.87. The third-order valence-electron chi connectivity index (χ3n) is 6.70. The van der Waals surface area contributed by atoms with Gasteiger partial charge in [-0.1, -0.05) is 44.2 Å². The second-order valence-electron chi connectivity index (χ2n) is 9.25. The van der Waals surface area contributed by atoms with Gasteiger partial charge in [0.2, 0.25) is 0 Å². The molecule has 1 aliphatic rings. The Morgan fingerprint density at radius 2 is 1.66 bits per heavy atom. The number of carbonyl (C=O) groups is 1. The number of hydrogen-bond acceptors (Lipinski definition) is 5. The molecule has 0 unspecified atom stereocenters. The summed E-state index contributed by atoms with van der Waals surface area (Å²) in [5.74, 6) is 0.978. The predicted molar refractivity (Wildman–Crippen MR) is 138 cm³/mol. The first-order valence-corrected chi connectivity index (χ1v) is 12.1. The van der Waals surface area contributed by atoms with Gasteiger partial charge in [0, 0.05) is 43.6 Å². The van der Waals surface area contributed by atoms with Crippen LogP contribution in [0.1, 0.15) is 41.5 Å². The number of hydrogen-bond donors (Lipinski definition) is 0. The minimum absolute atomic E-state index is 0.0203. The van der Waals surface area contributed by atoms with Crippen molar-refractivity contribution in [3.8, 4) is 16.9 Å². The summed E-state index contributed by atoms with van der Waals surface area (Å²) in [5, 5.41) is 4.83. The van der Waals surface area contributed by atoms with Gasteiger partial charge in [-0.25, -0.2) is 9.50 Å². The van der Waals surface area contributed by atoms with E-state index < -0.39 is 0 Å². The summed E-state index contributed by atoms with van der Waals surface area (Å²) in [5.41, 5.74) is 6.47. The molecule has 1 amide bonds. The smallest absolute Gasteiger partial charge is 0.257 e. The maximum atomic E-state index is 13.7. The van der Waals surface area contributed by atoms with Crippen molar-refractivity contribution in [2.75, 3.05) is 38.2 Å². The van der Waals surface area contributed by atoms with Crippen molar-refractivity contribution in [1.82, 2.24) is 19.5 Å². The van der Waals surface area contributed by atoms with Gasteiger partial charge >= 0.3 is 0 Å². The molecule has 5 rings (SSSR count). The van der Waals surface area contributed by atoms with Crippen LogP contribution in [0.15, 0.2) is 60.8 Å². The molecule has 0 saturated carbocycles. The zero-order chi connectivity index (χ0) is 24.5. The standard InChI is InChI=1S/C28H31N5O2/c1-19(2)26-24(18-29-27-25(20(3)30-33(26)27)21-8-6-5-7-9-21)28(34)32-16-14-31(15-17-32)22-10-12-23(35-4)13-11-22/h5-13,18-19H,14-17H2,1-4H3. The Morgan fingerprint density at radius 3 is 2.29 bits per heavy atom. The molecule has 1 aliphatic heterocycles. The third kappa shape index (κ3) is 4.22. The van der Waals surface area contributed by atoms with E-state index in [1.165, 1.54) is 0 Å². The fraction of sp³-hybridized carbons (Fsp3) is 0.321. The first-order chi connectivity index (χ1) is 17.0. The zero-order valence-corrected chi connectivity index (χ0v) is 20.7. The van der Waals surface area contributed by atoms with Gasteiger partial charge in [0.1, 0.15) is 5.75 Å². The SMILES string of the molecule is COc1ccc(N2CCN(C(=O)c3cnc4c(-c5ccccc5)c(C)nn4c3C(C)C)CC2)cc1. The molecule has 180 valence electrons. The fourth-order valence-corrected chi connectivity index (χ4v) is 4.90. The van der Waals surface area contributed by atoms with E-state index in [9.17, 15) is 4.79 Å². The van der Waals surface area contributed by atoms with Crippen molar-refractivity contribution in [2.24, 2.45) is 0 Å². The van der Waals surface area contributed by atoms with Crippen LogP contribution in [-0.2, 0) is 0 Å². The lowest BCUT2D eigenvalue weighted by molar-refractivity contribution is 0.0744. The van der Waals surface area contributed by atoms with E-state index in [1.54, 1.807) is 13.3 Å². The average Bonchev–Trinajstić information content (AvgIpc) is 3.23. The van der Waals surface area contributed by atoms with Crippen LogP contribution in [0.25, 0.3) is 16.8 Å². The van der Waals surface area contributed by atoms with Crippen LogP contribution in [0.4, 0.5) is 5.69 Å². The van der Waals surface area contributed by atoms with Crippen LogP contribution in [0.3, 0.4) is 0 Å². The topological polar surface area (TPSA) is 63.0 Å². The van der Waals surface area contributed by atoms with E-state index >= 15 is 0 Å². The summed E-state index contributed by atoms with van der Waals surface area (Å²) in [6, 6.07) is 18.3. The molecule has 1 fully saturated rings. The molecule has 2 aromatic carbocycles. The van der Waals surface area contributed by atoms with E-state index in [-0.39, 0.29) is 11.8 Å². The monoisotopic (exact) mass is 469 g/mol. The number of anilines is 1. The van der Waals surface area contributed by atoms with Gasteiger partial charge in [-0.3, -0.25) is 4.79 Å². The Morgan fingerprint density at radius 1 is 0.971 bits per heavy atom. The molecule has 0 spiro atoms. The number of rotatable bonds is 5. The minimum atomic E-state index is 0.0203. The number of nitrogens with zero attached hydrogens (tertiary/aromatic N) is 5. The molecule has 0 N–H and O–H groups in total. The van der Waals surface area contributed by atoms with Crippen molar-refractivity contribution in [1.29, 1.82) is 0 Å². The van der Waals surface area contributed by atoms with Gasteiger partial charge in [-0.05, 0) is 42.7 Å². The maximum Gasteiger partial charge on any atom is 0.257 e. The highest BCUT2D eigenvalue weighted by molar-refractivity contribution is 5.96. The van der Waals surface area contributed by atoms with Crippen molar-refractivity contribution in [3.05, 3.63) is 77.7 Å². The lowest BCUT2D eigenvalue weighted by Gasteiger charge is -2.36. The summed E-state index contributed by atoms with van der Waals surface area (Å²) in [4.78, 5) is 22.7. The second-order valence-corrected chi connectivity index (χ2v) is 9.25. The van der Waals surface area contributed by atoms with E-state index in [0.717, 1.165) is 52.7 Å². The Kier molecular flexibility index (Phi) is 6.16. The Bertz CT molecular complexity index is 1340. The van der Waals surface area contributed by atoms with Crippen molar-refractivity contribution >= 4 is 17.2 Å². The fourth-order valence-electron chi connectivity index (χ4n) is 4.90. The molecular weight excluding hydrogens is 438 g/mol. The summed E-state index contributed by atoms with van der Waals surface area (Å²) in [6.07, 6.45) is 1.75. The van der Waals surface area contributed by atoms with Crippen molar-refractivity contribution in [2.45, 2.75) is 26.7 Å². The van der Waals surface area contributed by atoms with Gasteiger partial charge in [0.25, 0.3) is 5.91 Å². The predicted octanol–water partition coefficient (Wildman–Crippen LogP) is 4.80. The molecule has 7 nitrogen and oxygen atoms in total. The number of ether oxygens (including phenoxy) is 1. The van der Waals surface area contributed by atoms with Crippen LogP contribution in [0.2, 0.25) is 0 Å². The number of fused-ring (bicyclic) bond motifs is 1. The number of benzene rings is 2. The van der Waals surface area contributed by atoms with Crippen LogP contribution in [0.5, 0.6) is 5.75 Å². The molecular formula is C28H31N5O2. The van der Waals surface area contributed by atoms with E-state index in [0.29, 0.717) is 18.7 Å². The lowest BCUT2D eigenvalue weighted by Crippen LogP contribution is -2.49. The molecule has 7 heteroatoms. The molecule has 0 bridgehead atoms. The molecule has 35 heavy (non-hydrogen) atoms. The number of aromatic nitrogens is 3. The normalized spacial score (nSPS) is 14.1. The average molecular weight is 470 g/mol. The maximum absolute atomic E-state index is 13.7. The minimum Gasteiger partial charge on any atom is -0.497 e. The van der Waals surface area contributed by atoms with Crippen LogP contribution >= 0.6 is 0 Å². The summed E-state index contributed by atoms with van der Waals surface area (Å²) in [7, 11) is 1.67. The third-order valence-corrected chi connectivity index (χ3v) is 6.70. The molecule has 0 aliphatic carbocycles. The largest absolute Gasteiger partial charge is 0.497 e. The van der Waals surface area contributed by atoms with Gasteiger partial charge in [0.05, 0.1) is 24.1 Å². The highest BCUT2D eigenvalue weighted by Gasteiger charge is 2.28. The summed E-state index contributed by atoms with van der Waals surface area (Å²) in [6.45, 7) is 9.09. The second kappa shape index (κ2) is 9.41. The van der Waals surface area contributed by atoms with Crippen molar-refractivity contribution in [3.63, 3.8) is 0 Å². The Labute approximate surface area is 206 Å². The first-order valence-electron chi connectivity index (χ1n) is 12.1. The molecule has 4 aromatic rings. The van der Waals surface area contributed by atoms with Crippen molar-refractivity contribution < 1.29 is 9.53 Å². The molecule has 2 aromatic heterocycles. The van der Waals surface area contributed by atoms with Gasteiger partial charge in [-0.2, -0.15) is 5.10 Å². The number of methoxy groups -OCH3 is 1. The number of amides is 1. The van der Waals surface area contributed by atoms with Gasteiger partial charge in [-0.15, -0.1) is 0 Å². The number of piperazine rings is 1. The van der Waals surface area contributed by atoms with Crippen LogP contribution in [-0.4, -0.2) is 58.7 Å².